The van der Waals surface area contributed by atoms with Crippen molar-refractivity contribution in [2.75, 3.05) is 19.1 Å². The van der Waals surface area contributed by atoms with Crippen molar-refractivity contribution < 1.29 is 18.6 Å². The Balaban J connectivity index is 1.57. The van der Waals surface area contributed by atoms with Gasteiger partial charge in [0.25, 0.3) is 0 Å². The lowest BCUT2D eigenvalue weighted by Gasteiger charge is -2.17. The maximum absolute atomic E-state index is 14.0. The van der Waals surface area contributed by atoms with Gasteiger partial charge in [0.1, 0.15) is 18.2 Å². The smallest absolute Gasteiger partial charge is 0.214 e. The molecular formula is C25H24ClFN4O3S. The minimum atomic E-state index is -0.342. The van der Waals surface area contributed by atoms with E-state index < -0.39 is 0 Å². The zero-order chi connectivity index (χ0) is 24.8. The largest absolute Gasteiger partial charge is 0.496 e. The summed E-state index contributed by atoms with van der Waals surface area (Å²) >= 11 is 12.0. The summed E-state index contributed by atoms with van der Waals surface area (Å²) in [6.07, 6.45) is 0. The van der Waals surface area contributed by atoms with Crippen molar-refractivity contribution in [2.45, 2.75) is 20.1 Å². The summed E-state index contributed by atoms with van der Waals surface area (Å²) in [7, 11) is 1.60. The third-order valence-electron chi connectivity index (χ3n) is 5.16. The molecule has 1 heterocycles. The van der Waals surface area contributed by atoms with Gasteiger partial charge in [-0.05, 0) is 55.0 Å². The molecule has 3 aromatic carbocycles. The van der Waals surface area contributed by atoms with Gasteiger partial charge in [-0.25, -0.2) is 14.2 Å². The number of ether oxygens (including phenoxy) is 3. The first-order chi connectivity index (χ1) is 17.0. The van der Waals surface area contributed by atoms with E-state index >= 15 is 0 Å². The van der Waals surface area contributed by atoms with E-state index in [0.29, 0.717) is 51.6 Å². The third-order valence-corrected chi connectivity index (χ3v) is 5.72. The number of methoxy groups -OCH3 is 1. The molecule has 2 N–H and O–H groups in total. The van der Waals surface area contributed by atoms with Gasteiger partial charge in [-0.3, -0.25) is 0 Å². The summed E-state index contributed by atoms with van der Waals surface area (Å²) in [4.78, 5) is 0. The Labute approximate surface area is 212 Å². The first-order valence-corrected chi connectivity index (χ1v) is 11.7. The zero-order valence-corrected chi connectivity index (χ0v) is 20.8. The molecule has 0 aliphatic carbocycles. The SMILES string of the molecule is CCOc1cc(CNn2c(-c3ccccc3OC)n[nH]c2=S)cc(Cl)c1OCc1ccccc1F. The number of aromatic nitrogens is 3. The van der Waals surface area contributed by atoms with E-state index in [4.69, 9.17) is 38.0 Å². The summed E-state index contributed by atoms with van der Waals surface area (Å²) in [6.45, 7) is 2.66. The molecule has 0 aliphatic rings. The lowest BCUT2D eigenvalue weighted by molar-refractivity contribution is 0.266. The summed E-state index contributed by atoms with van der Waals surface area (Å²) in [6, 6.07) is 17.6. The van der Waals surface area contributed by atoms with Crippen molar-refractivity contribution in [3.63, 3.8) is 0 Å². The van der Waals surface area contributed by atoms with E-state index in [1.807, 2.05) is 37.3 Å². The summed E-state index contributed by atoms with van der Waals surface area (Å²) in [5, 5.41) is 7.51. The lowest BCUT2D eigenvalue weighted by atomic mass is 10.2. The summed E-state index contributed by atoms with van der Waals surface area (Å²) < 4.78 is 33.1. The molecule has 0 bridgehead atoms. The number of benzene rings is 3. The van der Waals surface area contributed by atoms with Crippen molar-refractivity contribution >= 4 is 23.8 Å². The maximum atomic E-state index is 14.0. The molecule has 35 heavy (non-hydrogen) atoms. The Morgan fingerprint density at radius 3 is 2.63 bits per heavy atom. The Morgan fingerprint density at radius 2 is 1.86 bits per heavy atom. The van der Waals surface area contributed by atoms with E-state index in [0.717, 1.165) is 11.1 Å². The Hall–Kier alpha value is -3.56. The molecular weight excluding hydrogens is 491 g/mol. The summed E-state index contributed by atoms with van der Waals surface area (Å²) in [5.74, 6) is 1.73. The first-order valence-electron chi connectivity index (χ1n) is 10.9. The van der Waals surface area contributed by atoms with Gasteiger partial charge in [0.15, 0.2) is 17.3 Å². The number of hydrogen-bond acceptors (Lipinski definition) is 6. The van der Waals surface area contributed by atoms with Gasteiger partial charge in [0.2, 0.25) is 4.77 Å². The number of nitrogens with one attached hydrogen (secondary N) is 2. The van der Waals surface area contributed by atoms with Crippen LogP contribution in [0.15, 0.2) is 60.7 Å². The highest BCUT2D eigenvalue weighted by molar-refractivity contribution is 7.71. The molecule has 0 fully saturated rings. The molecule has 4 rings (SSSR count). The molecule has 4 aromatic rings. The number of rotatable bonds is 10. The molecule has 0 unspecified atom stereocenters. The molecule has 7 nitrogen and oxygen atoms in total. The molecule has 182 valence electrons. The van der Waals surface area contributed by atoms with Crippen LogP contribution in [0, 0.1) is 10.6 Å². The van der Waals surface area contributed by atoms with E-state index in [2.05, 4.69) is 15.6 Å². The monoisotopic (exact) mass is 514 g/mol. The Bertz CT molecular complexity index is 1380. The summed E-state index contributed by atoms with van der Waals surface area (Å²) in [5.41, 5.74) is 5.30. The van der Waals surface area contributed by atoms with Gasteiger partial charge < -0.3 is 19.6 Å². The standard InChI is InChI=1S/C25H24ClFN4O3S/c1-3-33-22-13-16(12-19(26)23(22)34-15-17-8-4-6-10-20(17)27)14-28-31-24(29-30-25(31)35)18-9-5-7-11-21(18)32-2/h4-13,28H,3,14-15H2,1-2H3,(H,30,35). The fourth-order valence-electron chi connectivity index (χ4n) is 3.52. The van der Waals surface area contributed by atoms with Crippen molar-refractivity contribution in [3.8, 4) is 28.6 Å². The van der Waals surface area contributed by atoms with Crippen molar-refractivity contribution in [3.05, 3.63) is 87.4 Å². The number of aromatic amines is 1. The van der Waals surface area contributed by atoms with Crippen LogP contribution in [0.3, 0.4) is 0 Å². The quantitative estimate of drug-likeness (QED) is 0.248. The highest BCUT2D eigenvalue weighted by atomic mass is 35.5. The van der Waals surface area contributed by atoms with Gasteiger partial charge in [-0.1, -0.05) is 41.9 Å². The van der Waals surface area contributed by atoms with Crippen LogP contribution in [0.25, 0.3) is 11.4 Å². The Kier molecular flexibility index (Phi) is 7.89. The van der Waals surface area contributed by atoms with Crippen molar-refractivity contribution in [1.82, 2.24) is 14.9 Å². The van der Waals surface area contributed by atoms with Gasteiger partial charge in [-0.2, -0.15) is 5.10 Å². The molecule has 0 saturated carbocycles. The topological polar surface area (TPSA) is 73.3 Å². The van der Waals surface area contributed by atoms with E-state index in [-0.39, 0.29) is 12.4 Å². The zero-order valence-electron chi connectivity index (χ0n) is 19.2. The van der Waals surface area contributed by atoms with E-state index in [1.165, 1.54) is 6.07 Å². The van der Waals surface area contributed by atoms with Gasteiger partial charge in [0.05, 0.1) is 30.8 Å². The van der Waals surface area contributed by atoms with Crippen LogP contribution in [0.5, 0.6) is 17.2 Å². The molecule has 0 spiro atoms. The average molecular weight is 515 g/mol. The molecule has 0 aliphatic heterocycles. The molecule has 0 amide bonds. The minimum Gasteiger partial charge on any atom is -0.496 e. The van der Waals surface area contributed by atoms with Crippen LogP contribution in [0.4, 0.5) is 4.39 Å². The number of nitrogens with zero attached hydrogens (tertiary/aromatic N) is 2. The van der Waals surface area contributed by atoms with Gasteiger partial charge in [0, 0.05) is 5.56 Å². The van der Waals surface area contributed by atoms with Crippen LogP contribution in [0.2, 0.25) is 5.02 Å². The second kappa shape index (κ2) is 11.2. The molecule has 10 heteroatoms. The van der Waals surface area contributed by atoms with Crippen LogP contribution >= 0.6 is 23.8 Å². The van der Waals surface area contributed by atoms with Crippen LogP contribution in [0.1, 0.15) is 18.1 Å². The number of H-pyrrole nitrogens is 1. The maximum Gasteiger partial charge on any atom is 0.214 e. The number of halogens is 2. The normalized spacial score (nSPS) is 10.7. The van der Waals surface area contributed by atoms with Gasteiger partial charge >= 0.3 is 0 Å². The molecule has 0 saturated heterocycles. The third kappa shape index (κ3) is 5.58. The van der Waals surface area contributed by atoms with E-state index in [1.54, 1.807) is 36.1 Å². The van der Waals surface area contributed by atoms with Crippen LogP contribution in [-0.4, -0.2) is 28.6 Å². The van der Waals surface area contributed by atoms with Crippen LogP contribution in [-0.2, 0) is 13.2 Å². The number of para-hydroxylation sites is 1. The predicted molar refractivity (Wildman–Crippen MR) is 136 cm³/mol. The average Bonchev–Trinajstić information content (AvgIpc) is 3.23. The second-order valence-corrected chi connectivity index (χ2v) is 8.23. The van der Waals surface area contributed by atoms with E-state index in [9.17, 15) is 4.39 Å². The molecule has 1 aromatic heterocycles. The predicted octanol–water partition coefficient (Wildman–Crippen LogP) is 6.13. The minimum absolute atomic E-state index is 0.0243. The van der Waals surface area contributed by atoms with Crippen LogP contribution < -0.4 is 19.6 Å². The lowest BCUT2D eigenvalue weighted by Crippen LogP contribution is -2.16. The van der Waals surface area contributed by atoms with Crippen molar-refractivity contribution in [1.29, 1.82) is 0 Å². The fourth-order valence-corrected chi connectivity index (χ4v) is 4.00. The highest BCUT2D eigenvalue weighted by Crippen LogP contribution is 2.37. The molecule has 0 radical (unpaired) electrons. The second-order valence-electron chi connectivity index (χ2n) is 7.44. The van der Waals surface area contributed by atoms with Gasteiger partial charge in [-0.15, -0.1) is 0 Å². The first kappa shape index (κ1) is 24.6. The fraction of sp³-hybridized carbons (Fsp3) is 0.200. The highest BCUT2D eigenvalue weighted by Gasteiger charge is 2.16. The van der Waals surface area contributed by atoms with Crippen molar-refractivity contribution in [2.24, 2.45) is 0 Å². The number of hydrogen-bond donors (Lipinski definition) is 2. The Morgan fingerprint density at radius 1 is 1.09 bits per heavy atom. The molecule has 0 atom stereocenters.